The lowest BCUT2D eigenvalue weighted by molar-refractivity contribution is -0.133. The van der Waals surface area contributed by atoms with Crippen LogP contribution in [0.2, 0.25) is 0 Å². The molecule has 0 radical (unpaired) electrons. The standard InChI is InChI=1S/C23H25N3O2/c1-15(18-12-11-16-7-5-6-10-19(16)13-18)25-26-23(28)21-20(14-24-22(21)27)17-8-3-2-4-9-17/h2-4,8-9,11-13,20-21H,5-7,10,14H2,1H3,(H,24,27)(H,26,28)/b25-15+/t20-,21-/m1/s1. The van der Waals surface area contributed by atoms with E-state index in [9.17, 15) is 9.59 Å². The molecule has 28 heavy (non-hydrogen) atoms. The zero-order chi connectivity index (χ0) is 19.5. The average Bonchev–Trinajstić information content (AvgIpc) is 3.13. The molecule has 2 amide bonds. The zero-order valence-corrected chi connectivity index (χ0v) is 16.1. The van der Waals surface area contributed by atoms with Crippen LogP contribution in [0, 0.1) is 5.92 Å². The first-order valence-corrected chi connectivity index (χ1v) is 9.92. The highest BCUT2D eigenvalue weighted by Gasteiger charge is 2.41. The van der Waals surface area contributed by atoms with E-state index in [2.05, 4.69) is 34.0 Å². The molecule has 2 atom stereocenters. The first-order chi connectivity index (χ1) is 13.6. The van der Waals surface area contributed by atoms with Crippen molar-refractivity contribution in [2.24, 2.45) is 11.0 Å². The van der Waals surface area contributed by atoms with Crippen LogP contribution in [-0.4, -0.2) is 24.1 Å². The number of amides is 2. The van der Waals surface area contributed by atoms with Crippen molar-refractivity contribution in [3.8, 4) is 0 Å². The molecule has 1 aliphatic carbocycles. The number of aryl methyl sites for hydroxylation is 2. The Labute approximate surface area is 165 Å². The Balaban J connectivity index is 1.48. The second-order valence-electron chi connectivity index (χ2n) is 7.60. The molecule has 1 fully saturated rings. The van der Waals surface area contributed by atoms with Crippen LogP contribution in [0.5, 0.6) is 0 Å². The van der Waals surface area contributed by atoms with Gasteiger partial charge < -0.3 is 5.32 Å². The highest BCUT2D eigenvalue weighted by molar-refractivity contribution is 6.04. The molecule has 144 valence electrons. The molecular formula is C23H25N3O2. The first kappa shape index (κ1) is 18.4. The lowest BCUT2D eigenvalue weighted by atomic mass is 9.88. The molecule has 1 saturated heterocycles. The number of carbonyl (C=O) groups is 2. The van der Waals surface area contributed by atoms with Gasteiger partial charge in [-0.05, 0) is 60.9 Å². The minimum atomic E-state index is -0.762. The van der Waals surface area contributed by atoms with E-state index in [1.54, 1.807) is 0 Å². The number of nitrogens with one attached hydrogen (secondary N) is 2. The third kappa shape index (κ3) is 3.70. The molecular weight excluding hydrogens is 350 g/mol. The summed E-state index contributed by atoms with van der Waals surface area (Å²) in [6.07, 6.45) is 4.71. The van der Waals surface area contributed by atoms with E-state index in [1.807, 2.05) is 37.3 Å². The lowest BCUT2D eigenvalue weighted by Gasteiger charge is -2.17. The number of nitrogens with zero attached hydrogens (tertiary/aromatic N) is 1. The summed E-state index contributed by atoms with van der Waals surface area (Å²) in [6, 6.07) is 16.1. The minimum absolute atomic E-state index is 0.173. The molecule has 2 aromatic rings. The number of hydrogen-bond donors (Lipinski definition) is 2. The molecule has 0 bridgehead atoms. The molecule has 2 aromatic carbocycles. The highest BCUT2D eigenvalue weighted by Crippen LogP contribution is 2.29. The van der Waals surface area contributed by atoms with Gasteiger partial charge in [-0.25, -0.2) is 5.43 Å². The van der Waals surface area contributed by atoms with Gasteiger partial charge in [-0.2, -0.15) is 5.10 Å². The highest BCUT2D eigenvalue weighted by atomic mass is 16.2. The average molecular weight is 375 g/mol. The maximum Gasteiger partial charge on any atom is 0.253 e. The molecule has 0 aromatic heterocycles. The van der Waals surface area contributed by atoms with Crippen LogP contribution in [0.4, 0.5) is 0 Å². The number of carbonyl (C=O) groups excluding carboxylic acids is 2. The molecule has 2 N–H and O–H groups in total. The topological polar surface area (TPSA) is 70.6 Å². The van der Waals surface area contributed by atoms with Gasteiger partial charge in [-0.1, -0.05) is 42.5 Å². The van der Waals surface area contributed by atoms with Gasteiger partial charge in [0.1, 0.15) is 5.92 Å². The number of fused-ring (bicyclic) bond motifs is 1. The number of rotatable bonds is 4. The Kier molecular flexibility index (Phi) is 5.24. The van der Waals surface area contributed by atoms with Crippen LogP contribution < -0.4 is 10.7 Å². The maximum atomic E-state index is 12.7. The number of hydrogen-bond acceptors (Lipinski definition) is 3. The van der Waals surface area contributed by atoms with Gasteiger partial charge in [0.25, 0.3) is 5.91 Å². The fourth-order valence-corrected chi connectivity index (χ4v) is 4.16. The van der Waals surface area contributed by atoms with E-state index in [1.165, 1.54) is 24.0 Å². The molecule has 5 heteroatoms. The van der Waals surface area contributed by atoms with E-state index in [-0.39, 0.29) is 17.7 Å². The van der Waals surface area contributed by atoms with Crippen molar-refractivity contribution < 1.29 is 9.59 Å². The van der Waals surface area contributed by atoms with Gasteiger partial charge in [-0.3, -0.25) is 9.59 Å². The van der Waals surface area contributed by atoms with Gasteiger partial charge in [0, 0.05) is 12.5 Å². The Morgan fingerprint density at radius 1 is 1.07 bits per heavy atom. The first-order valence-electron chi connectivity index (χ1n) is 9.92. The normalized spacial score (nSPS) is 21.8. The van der Waals surface area contributed by atoms with Crippen LogP contribution in [0.1, 0.15) is 47.9 Å². The van der Waals surface area contributed by atoms with Crippen LogP contribution in [-0.2, 0) is 22.4 Å². The summed E-state index contributed by atoms with van der Waals surface area (Å²) < 4.78 is 0. The van der Waals surface area contributed by atoms with E-state index in [0.29, 0.717) is 6.54 Å². The van der Waals surface area contributed by atoms with Crippen molar-refractivity contribution in [1.82, 2.24) is 10.7 Å². The van der Waals surface area contributed by atoms with E-state index in [0.717, 1.165) is 29.7 Å². The molecule has 5 nitrogen and oxygen atoms in total. The van der Waals surface area contributed by atoms with E-state index < -0.39 is 5.92 Å². The summed E-state index contributed by atoms with van der Waals surface area (Å²) in [5.74, 6) is -1.54. The Morgan fingerprint density at radius 2 is 1.82 bits per heavy atom. The van der Waals surface area contributed by atoms with Gasteiger partial charge in [0.05, 0.1) is 5.71 Å². The molecule has 1 heterocycles. The van der Waals surface area contributed by atoms with Crippen molar-refractivity contribution in [1.29, 1.82) is 0 Å². The summed E-state index contributed by atoms with van der Waals surface area (Å²) in [5, 5.41) is 7.09. The summed E-state index contributed by atoms with van der Waals surface area (Å²) in [5.41, 5.74) is 8.16. The smallest absolute Gasteiger partial charge is 0.253 e. The molecule has 0 unspecified atom stereocenters. The van der Waals surface area contributed by atoms with Gasteiger partial charge >= 0.3 is 0 Å². The van der Waals surface area contributed by atoms with Crippen LogP contribution >= 0.6 is 0 Å². The van der Waals surface area contributed by atoms with Crippen molar-refractivity contribution in [2.45, 2.75) is 38.5 Å². The van der Waals surface area contributed by atoms with Crippen molar-refractivity contribution in [3.05, 3.63) is 70.8 Å². The summed E-state index contributed by atoms with van der Waals surface area (Å²) in [4.78, 5) is 25.0. The van der Waals surface area contributed by atoms with E-state index in [4.69, 9.17) is 0 Å². The van der Waals surface area contributed by atoms with Gasteiger partial charge in [-0.15, -0.1) is 0 Å². The fourth-order valence-electron chi connectivity index (χ4n) is 4.16. The Hall–Kier alpha value is -2.95. The summed E-state index contributed by atoms with van der Waals surface area (Å²) >= 11 is 0. The van der Waals surface area contributed by atoms with Crippen LogP contribution in [0.25, 0.3) is 0 Å². The molecule has 0 spiro atoms. The molecule has 4 rings (SSSR count). The second kappa shape index (κ2) is 7.97. The predicted octanol–water partition coefficient (Wildman–Crippen LogP) is 2.94. The monoisotopic (exact) mass is 375 g/mol. The SMILES string of the molecule is C/C(=N\NC(=O)[C@H]1C(=O)NC[C@@H]1c1ccccc1)c1ccc2c(c1)CCCC2. The maximum absolute atomic E-state index is 12.7. The lowest BCUT2D eigenvalue weighted by Crippen LogP contribution is -2.35. The fraction of sp³-hybridized carbons (Fsp3) is 0.348. The number of benzene rings is 2. The predicted molar refractivity (Wildman–Crippen MR) is 109 cm³/mol. The largest absolute Gasteiger partial charge is 0.355 e. The Morgan fingerprint density at radius 3 is 2.61 bits per heavy atom. The Bertz CT molecular complexity index is 921. The second-order valence-corrected chi connectivity index (χ2v) is 7.60. The third-order valence-electron chi connectivity index (χ3n) is 5.79. The van der Waals surface area contributed by atoms with Crippen molar-refractivity contribution in [3.63, 3.8) is 0 Å². The van der Waals surface area contributed by atoms with Crippen molar-refractivity contribution in [2.75, 3.05) is 6.54 Å². The molecule has 0 saturated carbocycles. The number of hydrazone groups is 1. The van der Waals surface area contributed by atoms with Gasteiger partial charge in [0.2, 0.25) is 5.91 Å². The van der Waals surface area contributed by atoms with E-state index >= 15 is 0 Å². The minimum Gasteiger partial charge on any atom is -0.355 e. The molecule has 1 aliphatic heterocycles. The van der Waals surface area contributed by atoms with Crippen LogP contribution in [0.15, 0.2) is 53.6 Å². The zero-order valence-electron chi connectivity index (χ0n) is 16.1. The van der Waals surface area contributed by atoms with Gasteiger partial charge in [0.15, 0.2) is 0 Å². The third-order valence-corrected chi connectivity index (χ3v) is 5.79. The van der Waals surface area contributed by atoms with Crippen LogP contribution in [0.3, 0.4) is 0 Å². The quantitative estimate of drug-likeness (QED) is 0.490. The summed E-state index contributed by atoms with van der Waals surface area (Å²) in [6.45, 7) is 2.35. The van der Waals surface area contributed by atoms with Crippen molar-refractivity contribution >= 4 is 17.5 Å². The summed E-state index contributed by atoms with van der Waals surface area (Å²) in [7, 11) is 0. The molecule has 2 aliphatic rings.